The maximum atomic E-state index is 6.18. The molecule has 2 heterocycles. The molecule has 0 spiro atoms. The number of nitrogens with one attached hydrogen (secondary N) is 1. The first-order valence-corrected chi connectivity index (χ1v) is 7.28. The monoisotopic (exact) mass is 350 g/mol. The Morgan fingerprint density at radius 3 is 3.00 bits per heavy atom. The highest BCUT2D eigenvalue weighted by molar-refractivity contribution is 9.10. The molecule has 1 N–H and O–H groups in total. The minimum atomic E-state index is 0.640. The third-order valence-electron chi connectivity index (χ3n) is 3.02. The smallest absolute Gasteiger partial charge is 0.155 e. The van der Waals surface area contributed by atoms with Crippen molar-refractivity contribution in [1.82, 2.24) is 14.4 Å². The maximum absolute atomic E-state index is 6.18. The molecule has 0 radical (unpaired) electrons. The first-order valence-electron chi connectivity index (χ1n) is 6.11. The maximum Gasteiger partial charge on any atom is 0.155 e. The number of hydrogen-bond acceptors (Lipinski definition) is 3. The number of hydrogen-bond donors (Lipinski definition) is 1. The van der Waals surface area contributed by atoms with Crippen LogP contribution in [0, 0.1) is 6.92 Å². The van der Waals surface area contributed by atoms with E-state index in [0.717, 1.165) is 21.6 Å². The average molecular weight is 352 g/mol. The van der Waals surface area contributed by atoms with Crippen LogP contribution < -0.4 is 5.32 Å². The lowest BCUT2D eigenvalue weighted by molar-refractivity contribution is 0.983. The van der Waals surface area contributed by atoms with Gasteiger partial charge in [0, 0.05) is 6.20 Å². The molecule has 0 aliphatic rings. The quantitative estimate of drug-likeness (QED) is 0.773. The second kappa shape index (κ2) is 5.42. The van der Waals surface area contributed by atoms with Crippen LogP contribution >= 0.6 is 27.5 Å². The van der Waals surface area contributed by atoms with Gasteiger partial charge >= 0.3 is 0 Å². The molecule has 6 heteroatoms. The Morgan fingerprint density at radius 2 is 2.15 bits per heavy atom. The van der Waals surface area contributed by atoms with Gasteiger partial charge in [-0.15, -0.1) is 0 Å². The summed E-state index contributed by atoms with van der Waals surface area (Å²) in [6.07, 6.45) is 5.46. The molecule has 3 aromatic rings. The van der Waals surface area contributed by atoms with Gasteiger partial charge in [0.1, 0.15) is 4.60 Å². The summed E-state index contributed by atoms with van der Waals surface area (Å²) in [4.78, 5) is 8.48. The topological polar surface area (TPSA) is 42.2 Å². The van der Waals surface area contributed by atoms with E-state index in [1.165, 1.54) is 5.56 Å². The first-order chi connectivity index (χ1) is 9.63. The van der Waals surface area contributed by atoms with Gasteiger partial charge in [-0.05, 0) is 40.5 Å². The van der Waals surface area contributed by atoms with Crippen LogP contribution in [-0.2, 0) is 6.54 Å². The Kier molecular flexibility index (Phi) is 3.63. The zero-order valence-electron chi connectivity index (χ0n) is 10.8. The normalized spacial score (nSPS) is 10.9. The van der Waals surface area contributed by atoms with E-state index >= 15 is 0 Å². The van der Waals surface area contributed by atoms with Crippen molar-refractivity contribution in [3.8, 4) is 0 Å². The molecule has 0 bridgehead atoms. The second-order valence-corrected chi connectivity index (χ2v) is 5.74. The Morgan fingerprint density at radius 1 is 1.30 bits per heavy atom. The predicted molar refractivity (Wildman–Crippen MR) is 84.2 cm³/mol. The van der Waals surface area contributed by atoms with E-state index in [4.69, 9.17) is 11.6 Å². The molecular formula is C14H12BrClN4. The van der Waals surface area contributed by atoms with Gasteiger partial charge in [0.05, 0.1) is 35.3 Å². The van der Waals surface area contributed by atoms with Gasteiger partial charge in [-0.1, -0.05) is 17.7 Å². The molecule has 0 saturated carbocycles. The van der Waals surface area contributed by atoms with Crippen LogP contribution in [0.15, 0.2) is 41.4 Å². The van der Waals surface area contributed by atoms with Gasteiger partial charge in [-0.2, -0.15) is 0 Å². The van der Waals surface area contributed by atoms with Gasteiger partial charge < -0.3 is 5.32 Å². The second-order valence-electron chi connectivity index (χ2n) is 4.52. The van der Waals surface area contributed by atoms with Gasteiger partial charge in [0.2, 0.25) is 0 Å². The molecule has 2 aromatic heterocycles. The number of anilines is 1. The molecule has 4 nitrogen and oxygen atoms in total. The van der Waals surface area contributed by atoms with Gasteiger partial charge in [0.15, 0.2) is 5.65 Å². The van der Waals surface area contributed by atoms with Crippen LogP contribution in [0.3, 0.4) is 0 Å². The third kappa shape index (κ3) is 2.64. The number of halogens is 2. The standard InChI is InChI=1S/C14H12BrClN4/c1-9-2-3-11(16)12(4-9)17-5-10-6-19-14-7-18-13(15)8-20(10)14/h2-4,6-8,17H,5H2,1H3. The summed E-state index contributed by atoms with van der Waals surface area (Å²) >= 11 is 9.54. The highest BCUT2D eigenvalue weighted by Crippen LogP contribution is 2.23. The number of aromatic nitrogens is 3. The fourth-order valence-electron chi connectivity index (χ4n) is 2.01. The largest absolute Gasteiger partial charge is 0.378 e. The lowest BCUT2D eigenvalue weighted by Gasteiger charge is -2.09. The van der Waals surface area contributed by atoms with Gasteiger partial charge in [-0.3, -0.25) is 4.40 Å². The van der Waals surface area contributed by atoms with Crippen LogP contribution in [0.2, 0.25) is 5.02 Å². The summed E-state index contributed by atoms with van der Waals surface area (Å²) in [5.74, 6) is 0. The van der Waals surface area contributed by atoms with E-state index in [1.54, 1.807) is 6.20 Å². The van der Waals surface area contributed by atoms with Crippen molar-refractivity contribution in [1.29, 1.82) is 0 Å². The number of nitrogens with zero attached hydrogens (tertiary/aromatic N) is 3. The molecule has 1 aromatic carbocycles. The molecule has 0 aliphatic carbocycles. The number of benzene rings is 1. The van der Waals surface area contributed by atoms with Crippen molar-refractivity contribution < 1.29 is 0 Å². The average Bonchev–Trinajstić information content (AvgIpc) is 2.82. The van der Waals surface area contributed by atoms with Crippen LogP contribution in [0.1, 0.15) is 11.3 Å². The molecule has 0 saturated heterocycles. The molecule has 0 amide bonds. The first kappa shape index (κ1) is 13.4. The molecule has 3 rings (SSSR count). The third-order valence-corrected chi connectivity index (χ3v) is 3.76. The Hall–Kier alpha value is -1.59. The SMILES string of the molecule is Cc1ccc(Cl)c(NCc2cnc3cnc(Br)cn23)c1. The van der Waals surface area contributed by atoms with Crippen LogP contribution in [0.5, 0.6) is 0 Å². The highest BCUT2D eigenvalue weighted by atomic mass is 79.9. The molecule has 0 atom stereocenters. The van der Waals surface area contributed by atoms with E-state index in [1.807, 2.05) is 41.9 Å². The van der Waals surface area contributed by atoms with Gasteiger partial charge in [0.25, 0.3) is 0 Å². The van der Waals surface area contributed by atoms with E-state index in [9.17, 15) is 0 Å². The fraction of sp³-hybridized carbons (Fsp3) is 0.143. The minimum absolute atomic E-state index is 0.640. The summed E-state index contributed by atoms with van der Waals surface area (Å²) in [7, 11) is 0. The number of rotatable bonds is 3. The van der Waals surface area contributed by atoms with Crippen molar-refractivity contribution >= 4 is 38.9 Å². The predicted octanol–water partition coefficient (Wildman–Crippen LogP) is 4.07. The highest BCUT2D eigenvalue weighted by Gasteiger charge is 2.06. The minimum Gasteiger partial charge on any atom is -0.378 e. The number of fused-ring (bicyclic) bond motifs is 1. The van der Waals surface area contributed by atoms with E-state index in [-0.39, 0.29) is 0 Å². The van der Waals surface area contributed by atoms with Crippen LogP contribution in [-0.4, -0.2) is 14.4 Å². The molecule has 0 unspecified atom stereocenters. The molecule has 0 fully saturated rings. The Balaban J connectivity index is 1.86. The lowest BCUT2D eigenvalue weighted by atomic mass is 10.2. The Bertz CT molecular complexity index is 769. The summed E-state index contributed by atoms with van der Waals surface area (Å²) in [6.45, 7) is 2.68. The summed E-state index contributed by atoms with van der Waals surface area (Å²) < 4.78 is 2.77. The van der Waals surface area contributed by atoms with Gasteiger partial charge in [-0.25, -0.2) is 9.97 Å². The Labute approximate surface area is 129 Å². The van der Waals surface area contributed by atoms with Crippen LogP contribution in [0.25, 0.3) is 5.65 Å². The molecule has 102 valence electrons. The van der Waals surface area contributed by atoms with Crippen molar-refractivity contribution in [2.24, 2.45) is 0 Å². The summed E-state index contributed by atoms with van der Waals surface area (Å²) in [5.41, 5.74) is 3.96. The lowest BCUT2D eigenvalue weighted by Crippen LogP contribution is -2.03. The van der Waals surface area contributed by atoms with Crippen molar-refractivity contribution in [3.63, 3.8) is 0 Å². The van der Waals surface area contributed by atoms with E-state index in [2.05, 4.69) is 31.2 Å². The van der Waals surface area contributed by atoms with Crippen molar-refractivity contribution in [3.05, 3.63) is 57.7 Å². The van der Waals surface area contributed by atoms with Crippen molar-refractivity contribution in [2.45, 2.75) is 13.5 Å². The number of aryl methyl sites for hydroxylation is 1. The molecule has 20 heavy (non-hydrogen) atoms. The van der Waals surface area contributed by atoms with Crippen molar-refractivity contribution in [2.75, 3.05) is 5.32 Å². The number of imidazole rings is 1. The van der Waals surface area contributed by atoms with E-state index < -0.39 is 0 Å². The van der Waals surface area contributed by atoms with Crippen LogP contribution in [0.4, 0.5) is 5.69 Å². The van der Waals surface area contributed by atoms with E-state index in [0.29, 0.717) is 11.6 Å². The molecule has 0 aliphatic heterocycles. The zero-order chi connectivity index (χ0) is 14.1. The molecular weight excluding hydrogens is 340 g/mol. The summed E-state index contributed by atoms with van der Waals surface area (Å²) in [6, 6.07) is 5.92. The summed E-state index contributed by atoms with van der Waals surface area (Å²) in [5, 5.41) is 4.05. The fourth-order valence-corrected chi connectivity index (χ4v) is 2.50. The zero-order valence-corrected chi connectivity index (χ0v) is 13.1.